The van der Waals surface area contributed by atoms with Crippen LogP contribution in [0.5, 0.6) is 0 Å². The van der Waals surface area contributed by atoms with E-state index in [1.165, 1.54) is 11.7 Å². The Morgan fingerprint density at radius 3 is 2.52 bits per heavy atom. The number of methoxy groups -OCH3 is 1. The van der Waals surface area contributed by atoms with Gasteiger partial charge in [0.15, 0.2) is 0 Å². The molecule has 0 fully saturated rings. The summed E-state index contributed by atoms with van der Waals surface area (Å²) in [5.41, 5.74) is 2.39. The summed E-state index contributed by atoms with van der Waals surface area (Å²) in [4.78, 5) is 26.7. The van der Waals surface area contributed by atoms with Gasteiger partial charge in [-0.1, -0.05) is 26.0 Å². The minimum absolute atomic E-state index is 0.0681. The van der Waals surface area contributed by atoms with Crippen molar-refractivity contribution in [2.45, 2.75) is 33.9 Å². The molecule has 1 aromatic heterocycles. The number of carbonyl (C=O) groups is 1. The summed E-state index contributed by atoms with van der Waals surface area (Å²) in [6.07, 6.45) is 0. The summed E-state index contributed by atoms with van der Waals surface area (Å²) in [6, 6.07) is 7.87. The quantitative estimate of drug-likeness (QED) is 0.768. The molecule has 0 amide bonds. The molecular formula is C18H24N2O3. The first-order chi connectivity index (χ1) is 11.0. The Balaban J connectivity index is 2.61. The summed E-state index contributed by atoms with van der Waals surface area (Å²) in [5.74, 6) is -0.421. The van der Waals surface area contributed by atoms with Crippen LogP contribution >= 0.6 is 0 Å². The van der Waals surface area contributed by atoms with E-state index in [0.717, 1.165) is 29.6 Å². The van der Waals surface area contributed by atoms with Crippen molar-refractivity contribution in [3.8, 4) is 0 Å². The standard InChI is InChI=1S/C18H24N2O3/c1-5-19(6-2)11-15-10-14-8-7-13(3)9-16(14)20(18(15)22)12-17(21)23-4/h7-10H,5-6,11-12H2,1-4H3. The van der Waals surface area contributed by atoms with Gasteiger partial charge in [-0.15, -0.1) is 0 Å². The lowest BCUT2D eigenvalue weighted by Gasteiger charge is -2.19. The fourth-order valence-corrected chi connectivity index (χ4v) is 2.69. The lowest BCUT2D eigenvalue weighted by Crippen LogP contribution is -2.32. The highest BCUT2D eigenvalue weighted by atomic mass is 16.5. The topological polar surface area (TPSA) is 51.5 Å². The summed E-state index contributed by atoms with van der Waals surface area (Å²) >= 11 is 0. The zero-order chi connectivity index (χ0) is 17.0. The lowest BCUT2D eigenvalue weighted by molar-refractivity contribution is -0.141. The average molecular weight is 316 g/mol. The number of carbonyl (C=O) groups excluding carboxylic acids is 1. The molecule has 0 saturated heterocycles. The molecule has 1 aromatic carbocycles. The average Bonchev–Trinajstić information content (AvgIpc) is 2.56. The molecule has 124 valence electrons. The van der Waals surface area contributed by atoms with Crippen LogP contribution in [-0.2, 0) is 22.6 Å². The highest BCUT2D eigenvalue weighted by molar-refractivity contribution is 5.82. The monoisotopic (exact) mass is 316 g/mol. The molecule has 23 heavy (non-hydrogen) atoms. The molecule has 0 spiro atoms. The predicted octanol–water partition coefficient (Wildman–Crippen LogP) is 2.32. The van der Waals surface area contributed by atoms with Gasteiger partial charge in [-0.2, -0.15) is 0 Å². The molecule has 1 heterocycles. The molecular weight excluding hydrogens is 292 g/mol. The fraction of sp³-hybridized carbons (Fsp3) is 0.444. The smallest absolute Gasteiger partial charge is 0.325 e. The van der Waals surface area contributed by atoms with E-state index in [9.17, 15) is 9.59 Å². The second-order valence-corrected chi connectivity index (χ2v) is 5.66. The van der Waals surface area contributed by atoms with Crippen LogP contribution in [0.2, 0.25) is 0 Å². The van der Waals surface area contributed by atoms with Crippen LogP contribution in [0.15, 0.2) is 29.1 Å². The van der Waals surface area contributed by atoms with Gasteiger partial charge < -0.3 is 4.74 Å². The number of hydrogen-bond donors (Lipinski definition) is 0. The number of aromatic nitrogens is 1. The third-order valence-corrected chi connectivity index (χ3v) is 4.13. The molecule has 0 aliphatic rings. The van der Waals surface area contributed by atoms with E-state index in [4.69, 9.17) is 4.74 Å². The molecule has 0 aliphatic heterocycles. The van der Waals surface area contributed by atoms with Gasteiger partial charge in [-0.3, -0.25) is 19.1 Å². The summed E-state index contributed by atoms with van der Waals surface area (Å²) in [7, 11) is 1.33. The first-order valence-electron chi connectivity index (χ1n) is 7.92. The minimum atomic E-state index is -0.421. The molecule has 0 unspecified atom stereocenters. The zero-order valence-electron chi connectivity index (χ0n) is 14.3. The maximum Gasteiger partial charge on any atom is 0.325 e. The predicted molar refractivity (Wildman–Crippen MR) is 91.6 cm³/mol. The number of aryl methyl sites for hydroxylation is 1. The molecule has 2 aromatic rings. The Morgan fingerprint density at radius 2 is 1.91 bits per heavy atom. The summed E-state index contributed by atoms with van der Waals surface area (Å²) in [6.45, 7) is 8.37. The van der Waals surface area contributed by atoms with Crippen LogP contribution in [0, 0.1) is 6.92 Å². The lowest BCUT2D eigenvalue weighted by atomic mass is 10.1. The summed E-state index contributed by atoms with van der Waals surface area (Å²) in [5, 5.41) is 0.959. The van der Waals surface area contributed by atoms with Crippen molar-refractivity contribution in [2.75, 3.05) is 20.2 Å². The van der Waals surface area contributed by atoms with E-state index >= 15 is 0 Å². The van der Waals surface area contributed by atoms with Crippen LogP contribution in [0.3, 0.4) is 0 Å². The Bertz CT molecular complexity index is 761. The highest BCUT2D eigenvalue weighted by Gasteiger charge is 2.14. The molecule has 0 N–H and O–H groups in total. The van der Waals surface area contributed by atoms with E-state index in [-0.39, 0.29) is 12.1 Å². The van der Waals surface area contributed by atoms with Crippen LogP contribution in [-0.4, -0.2) is 35.6 Å². The second-order valence-electron chi connectivity index (χ2n) is 5.66. The van der Waals surface area contributed by atoms with E-state index in [2.05, 4.69) is 18.7 Å². The number of pyridine rings is 1. The van der Waals surface area contributed by atoms with Crippen molar-refractivity contribution in [3.63, 3.8) is 0 Å². The first-order valence-corrected chi connectivity index (χ1v) is 7.92. The van der Waals surface area contributed by atoms with E-state index in [1.54, 1.807) is 0 Å². The van der Waals surface area contributed by atoms with Crippen LogP contribution in [0.4, 0.5) is 0 Å². The van der Waals surface area contributed by atoms with Crippen molar-refractivity contribution in [1.29, 1.82) is 0 Å². The Kier molecular flexibility index (Phi) is 5.55. The number of fused-ring (bicyclic) bond motifs is 1. The molecule has 5 heteroatoms. The molecule has 0 bridgehead atoms. The number of rotatable bonds is 6. The zero-order valence-corrected chi connectivity index (χ0v) is 14.3. The van der Waals surface area contributed by atoms with E-state index < -0.39 is 5.97 Å². The third kappa shape index (κ3) is 3.79. The number of hydrogen-bond acceptors (Lipinski definition) is 4. The fourth-order valence-electron chi connectivity index (χ4n) is 2.69. The van der Waals surface area contributed by atoms with Crippen molar-refractivity contribution >= 4 is 16.9 Å². The maximum atomic E-state index is 12.8. The van der Waals surface area contributed by atoms with Gasteiger partial charge in [0.2, 0.25) is 0 Å². The van der Waals surface area contributed by atoms with Crippen LogP contribution in [0.1, 0.15) is 25.0 Å². The van der Waals surface area contributed by atoms with Crippen LogP contribution in [0.25, 0.3) is 10.9 Å². The molecule has 0 saturated carbocycles. The first kappa shape index (κ1) is 17.2. The SMILES string of the molecule is CCN(CC)Cc1cc2ccc(C)cc2n(CC(=O)OC)c1=O. The normalized spacial score (nSPS) is 11.2. The third-order valence-electron chi connectivity index (χ3n) is 4.13. The summed E-state index contributed by atoms with van der Waals surface area (Å²) < 4.78 is 6.26. The van der Waals surface area contributed by atoms with Gasteiger partial charge in [0.1, 0.15) is 6.54 Å². The van der Waals surface area contributed by atoms with Crippen molar-refractivity contribution in [2.24, 2.45) is 0 Å². The molecule has 0 aliphatic carbocycles. The highest BCUT2D eigenvalue weighted by Crippen LogP contribution is 2.17. The van der Waals surface area contributed by atoms with E-state index in [1.807, 2.05) is 31.2 Å². The van der Waals surface area contributed by atoms with Gasteiger partial charge in [0, 0.05) is 12.1 Å². The Labute approximate surface area is 136 Å². The van der Waals surface area contributed by atoms with Crippen molar-refractivity contribution < 1.29 is 9.53 Å². The van der Waals surface area contributed by atoms with Gasteiger partial charge in [0.05, 0.1) is 12.6 Å². The Morgan fingerprint density at radius 1 is 1.22 bits per heavy atom. The van der Waals surface area contributed by atoms with Gasteiger partial charge in [-0.25, -0.2) is 0 Å². The van der Waals surface area contributed by atoms with Crippen molar-refractivity contribution in [1.82, 2.24) is 9.47 Å². The Hall–Kier alpha value is -2.14. The van der Waals surface area contributed by atoms with Gasteiger partial charge in [-0.05, 0) is 43.1 Å². The van der Waals surface area contributed by atoms with Gasteiger partial charge in [0.25, 0.3) is 5.56 Å². The number of benzene rings is 1. The second kappa shape index (κ2) is 7.42. The number of esters is 1. The number of ether oxygens (including phenoxy) is 1. The molecule has 0 atom stereocenters. The molecule has 5 nitrogen and oxygen atoms in total. The maximum absolute atomic E-state index is 12.8. The van der Waals surface area contributed by atoms with Crippen LogP contribution < -0.4 is 5.56 Å². The minimum Gasteiger partial charge on any atom is -0.468 e. The van der Waals surface area contributed by atoms with Gasteiger partial charge >= 0.3 is 5.97 Å². The molecule has 0 radical (unpaired) electrons. The van der Waals surface area contributed by atoms with Crippen molar-refractivity contribution in [3.05, 3.63) is 45.7 Å². The number of nitrogens with zero attached hydrogens (tertiary/aromatic N) is 2. The van der Waals surface area contributed by atoms with E-state index in [0.29, 0.717) is 12.1 Å². The molecule has 2 rings (SSSR count). The largest absolute Gasteiger partial charge is 0.468 e.